The zero-order valence-corrected chi connectivity index (χ0v) is 28.8. The van der Waals surface area contributed by atoms with E-state index >= 15 is 0 Å². The van der Waals surface area contributed by atoms with Gasteiger partial charge in [-0.3, -0.25) is 14.0 Å². The zero-order valence-electron chi connectivity index (χ0n) is 27.2. The highest BCUT2D eigenvalue weighted by molar-refractivity contribution is 6.30. The first kappa shape index (κ1) is 34.6. The van der Waals surface area contributed by atoms with Crippen LogP contribution in [0.25, 0.3) is 11.1 Å². The first-order chi connectivity index (χ1) is 22.9. The normalized spacial score (nSPS) is 22.3. The van der Waals surface area contributed by atoms with Gasteiger partial charge in [-0.25, -0.2) is 14.2 Å². The van der Waals surface area contributed by atoms with Gasteiger partial charge in [-0.1, -0.05) is 43.0 Å². The lowest BCUT2D eigenvalue weighted by Gasteiger charge is -2.48. The number of nitrogens with one attached hydrogen (secondary N) is 1. The Morgan fingerprint density at radius 1 is 1.02 bits per heavy atom. The van der Waals surface area contributed by atoms with Gasteiger partial charge in [0.25, 0.3) is 0 Å². The van der Waals surface area contributed by atoms with Crippen LogP contribution in [0.15, 0.2) is 64.3 Å². The van der Waals surface area contributed by atoms with Gasteiger partial charge in [-0.2, -0.15) is 5.10 Å². The average molecular weight is 700 g/mol. The van der Waals surface area contributed by atoms with Crippen molar-refractivity contribution in [1.29, 1.82) is 0 Å². The first-order valence-corrected chi connectivity index (χ1v) is 17.7. The highest BCUT2D eigenvalue weighted by Crippen LogP contribution is 2.47. The number of halogens is 3. The summed E-state index contributed by atoms with van der Waals surface area (Å²) < 4.78 is 22.8. The third-order valence-corrected chi connectivity index (χ3v) is 11.5. The van der Waals surface area contributed by atoms with Gasteiger partial charge in [0.15, 0.2) is 5.58 Å². The smallest absolute Gasteiger partial charge is 0.408 e. The molecule has 3 fully saturated rings. The SMILES string of the molecule is Cl.O=C([C@@H](Cc1ccc(Cl)cc1)NC1CCC(n2c(=O)oc3cc(F)ccc32)CC1)N1CCC(Cn2cncn2)(C2CCCCC2)CC1. The van der Waals surface area contributed by atoms with E-state index in [-0.39, 0.29) is 47.4 Å². The molecule has 0 unspecified atom stereocenters. The van der Waals surface area contributed by atoms with Crippen molar-refractivity contribution in [3.05, 3.63) is 82.1 Å². The fraction of sp³-hybridized carbons (Fsp3) is 0.556. The van der Waals surface area contributed by atoms with Gasteiger partial charge in [-0.15, -0.1) is 12.4 Å². The van der Waals surface area contributed by atoms with Crippen LogP contribution in [0.2, 0.25) is 5.02 Å². The summed E-state index contributed by atoms with van der Waals surface area (Å²) in [5.41, 5.74) is 2.10. The molecular formula is C36H45Cl2FN6O3. The van der Waals surface area contributed by atoms with Crippen LogP contribution in [0, 0.1) is 17.2 Å². The summed E-state index contributed by atoms with van der Waals surface area (Å²) in [7, 11) is 0. The Morgan fingerprint density at radius 2 is 1.75 bits per heavy atom. The second-order valence-electron chi connectivity index (χ2n) is 14.0. The van der Waals surface area contributed by atoms with E-state index < -0.39 is 11.6 Å². The van der Waals surface area contributed by atoms with E-state index in [1.807, 2.05) is 35.3 Å². The Bertz CT molecular complexity index is 1700. The number of benzene rings is 2. The van der Waals surface area contributed by atoms with Gasteiger partial charge >= 0.3 is 5.76 Å². The van der Waals surface area contributed by atoms with Gasteiger partial charge in [0.1, 0.15) is 18.5 Å². The van der Waals surface area contributed by atoms with Crippen molar-refractivity contribution in [2.45, 2.75) is 102 Å². The van der Waals surface area contributed by atoms with E-state index in [9.17, 15) is 14.0 Å². The number of aromatic nitrogens is 4. The summed E-state index contributed by atoms with van der Waals surface area (Å²) in [4.78, 5) is 33.4. The molecule has 3 heterocycles. The number of nitrogens with zero attached hydrogens (tertiary/aromatic N) is 5. The van der Waals surface area contributed by atoms with Gasteiger partial charge in [-0.05, 0) is 98.9 Å². The molecule has 1 aliphatic heterocycles. The highest BCUT2D eigenvalue weighted by atomic mass is 35.5. The molecule has 2 saturated carbocycles. The number of carbonyl (C=O) groups excluding carboxylic acids is 1. The van der Waals surface area contributed by atoms with Crippen LogP contribution < -0.4 is 11.1 Å². The predicted molar refractivity (Wildman–Crippen MR) is 186 cm³/mol. The van der Waals surface area contributed by atoms with Crippen LogP contribution in [-0.4, -0.2) is 55.3 Å². The maximum Gasteiger partial charge on any atom is 0.420 e. The van der Waals surface area contributed by atoms with E-state index in [1.54, 1.807) is 17.0 Å². The maximum absolute atomic E-state index is 14.3. The molecule has 9 nitrogen and oxygen atoms in total. The summed E-state index contributed by atoms with van der Waals surface area (Å²) >= 11 is 6.19. The van der Waals surface area contributed by atoms with E-state index in [0.29, 0.717) is 22.9 Å². The summed E-state index contributed by atoms with van der Waals surface area (Å²) in [6, 6.07) is 11.8. The molecule has 1 atom stereocenters. The van der Waals surface area contributed by atoms with Gasteiger partial charge in [0.2, 0.25) is 5.91 Å². The minimum absolute atomic E-state index is 0. The molecule has 1 N–H and O–H groups in total. The quantitative estimate of drug-likeness (QED) is 0.203. The lowest BCUT2D eigenvalue weighted by molar-refractivity contribution is -0.137. The third-order valence-electron chi connectivity index (χ3n) is 11.2. The molecule has 48 heavy (non-hydrogen) atoms. The number of amides is 1. The third kappa shape index (κ3) is 7.50. The van der Waals surface area contributed by atoms with Crippen LogP contribution in [-0.2, 0) is 17.8 Å². The fourth-order valence-corrected chi connectivity index (χ4v) is 8.78. The number of likely N-dealkylation sites (tertiary alicyclic amines) is 1. The fourth-order valence-electron chi connectivity index (χ4n) is 8.66. The van der Waals surface area contributed by atoms with Crippen molar-refractivity contribution in [3.8, 4) is 0 Å². The number of rotatable bonds is 9. The summed E-state index contributed by atoms with van der Waals surface area (Å²) in [6.07, 6.45) is 15.5. The zero-order chi connectivity index (χ0) is 32.4. The molecule has 2 aromatic carbocycles. The molecule has 0 bridgehead atoms. The lowest BCUT2D eigenvalue weighted by Crippen LogP contribution is -2.55. The minimum atomic E-state index is -0.448. The lowest BCUT2D eigenvalue weighted by atomic mass is 9.63. The van der Waals surface area contributed by atoms with Crippen LogP contribution in [0.5, 0.6) is 0 Å². The number of hydrogen-bond acceptors (Lipinski definition) is 6. The van der Waals surface area contributed by atoms with Crippen molar-refractivity contribution < 1.29 is 13.6 Å². The molecule has 1 amide bonds. The van der Waals surface area contributed by atoms with Gasteiger partial charge in [0.05, 0.1) is 11.6 Å². The number of fused-ring (bicyclic) bond motifs is 1. The predicted octanol–water partition coefficient (Wildman–Crippen LogP) is 6.97. The summed E-state index contributed by atoms with van der Waals surface area (Å²) in [5, 5.41) is 8.89. The molecule has 0 radical (unpaired) electrons. The molecule has 258 valence electrons. The topological polar surface area (TPSA) is 98.2 Å². The summed E-state index contributed by atoms with van der Waals surface area (Å²) in [5.74, 6) is -0.0729. The standard InChI is InChI=1S/C36H44ClFN6O3.ClH/c37-27-8-6-25(7-9-27)20-31(41-29-11-13-30(14-12-29)44-32-15-10-28(38)21-33(32)47-35(44)46)34(45)42-18-16-36(17-19-42,22-43-24-39-23-40-43)26-4-2-1-3-5-26;/h6-10,15,21,23-24,26,29-31,41H,1-5,11-14,16-20,22H2;1H/t29?,30?,31-;/m1./s1. The number of piperidine rings is 1. The van der Waals surface area contributed by atoms with Crippen LogP contribution >= 0.6 is 24.0 Å². The second kappa shape index (κ2) is 15.1. The van der Waals surface area contributed by atoms with Crippen LogP contribution in [0.1, 0.15) is 82.2 Å². The molecule has 7 rings (SSSR count). The van der Waals surface area contributed by atoms with Crippen molar-refractivity contribution in [2.75, 3.05) is 13.1 Å². The van der Waals surface area contributed by atoms with Gasteiger partial charge in [0, 0.05) is 42.8 Å². The summed E-state index contributed by atoms with van der Waals surface area (Å²) in [6.45, 7) is 2.35. The van der Waals surface area contributed by atoms with E-state index in [4.69, 9.17) is 16.0 Å². The van der Waals surface area contributed by atoms with Crippen LogP contribution in [0.3, 0.4) is 0 Å². The monoisotopic (exact) mass is 698 g/mol. The van der Waals surface area contributed by atoms with E-state index in [2.05, 4.69) is 20.3 Å². The number of hydrogen-bond donors (Lipinski definition) is 1. The first-order valence-electron chi connectivity index (χ1n) is 17.3. The van der Waals surface area contributed by atoms with Crippen molar-refractivity contribution >= 4 is 41.0 Å². The Balaban J connectivity index is 0.00000401. The highest BCUT2D eigenvalue weighted by Gasteiger charge is 2.44. The molecule has 2 aromatic heterocycles. The number of oxazole rings is 1. The van der Waals surface area contributed by atoms with Crippen LogP contribution in [0.4, 0.5) is 4.39 Å². The van der Waals surface area contributed by atoms with Gasteiger partial charge < -0.3 is 14.6 Å². The number of carbonyl (C=O) groups is 1. The minimum Gasteiger partial charge on any atom is -0.408 e. The molecule has 1 saturated heterocycles. The van der Waals surface area contributed by atoms with E-state index in [0.717, 1.165) is 63.7 Å². The molecule has 4 aromatic rings. The van der Waals surface area contributed by atoms with Crippen molar-refractivity contribution in [1.82, 2.24) is 29.5 Å². The Morgan fingerprint density at radius 3 is 2.44 bits per heavy atom. The molecule has 0 spiro atoms. The maximum atomic E-state index is 14.3. The molecule has 3 aliphatic rings. The Hall–Kier alpha value is -3.21. The molecule has 12 heteroatoms. The molecule has 2 aliphatic carbocycles. The Kier molecular flexibility index (Phi) is 10.9. The van der Waals surface area contributed by atoms with Crippen molar-refractivity contribution in [3.63, 3.8) is 0 Å². The largest absolute Gasteiger partial charge is 0.420 e. The average Bonchev–Trinajstić information content (AvgIpc) is 3.72. The van der Waals surface area contributed by atoms with E-state index in [1.165, 1.54) is 44.2 Å². The molecular weight excluding hydrogens is 654 g/mol. The second-order valence-corrected chi connectivity index (χ2v) is 14.5. The Labute approximate surface area is 291 Å². The van der Waals surface area contributed by atoms with Crippen molar-refractivity contribution in [2.24, 2.45) is 11.3 Å².